The third-order valence-electron chi connectivity index (χ3n) is 3.45. The quantitative estimate of drug-likeness (QED) is 0.435. The Labute approximate surface area is 141 Å². The standard InChI is InChI=1S/C16H24N2O4S/c1-17-13(7-8-23-3)16(21)22-12-6-4-5-11(9-12)10-14(18-2)15(19)20/h4-6,9,13-14,17-18H,7-8,10H2,1-3H3,(H,19,20)/t13-,14-/m0/s1. The van der Waals surface area contributed by atoms with Crippen LogP contribution in [0.2, 0.25) is 0 Å². The van der Waals surface area contributed by atoms with Gasteiger partial charge in [-0.2, -0.15) is 11.8 Å². The number of hydrogen-bond acceptors (Lipinski definition) is 6. The molecule has 1 rings (SSSR count). The molecule has 128 valence electrons. The number of thioether (sulfide) groups is 1. The molecule has 0 fully saturated rings. The fraction of sp³-hybridized carbons (Fsp3) is 0.500. The number of carboxylic acid groups (broad SMARTS) is 1. The first-order valence-electron chi connectivity index (χ1n) is 7.38. The van der Waals surface area contributed by atoms with Crippen LogP contribution in [0.25, 0.3) is 0 Å². The number of aliphatic carboxylic acids is 1. The van der Waals surface area contributed by atoms with Crippen LogP contribution in [-0.4, -0.2) is 55.2 Å². The van der Waals surface area contributed by atoms with Crippen molar-refractivity contribution in [2.24, 2.45) is 0 Å². The van der Waals surface area contributed by atoms with Gasteiger partial charge in [0.15, 0.2) is 0 Å². The van der Waals surface area contributed by atoms with Crippen molar-refractivity contribution in [3.8, 4) is 5.75 Å². The zero-order valence-corrected chi connectivity index (χ0v) is 14.5. The molecule has 0 saturated carbocycles. The van der Waals surface area contributed by atoms with Crippen LogP contribution < -0.4 is 15.4 Å². The van der Waals surface area contributed by atoms with Crippen LogP contribution in [0.15, 0.2) is 24.3 Å². The van der Waals surface area contributed by atoms with E-state index in [2.05, 4.69) is 10.6 Å². The molecule has 0 aromatic heterocycles. The average Bonchev–Trinajstić information content (AvgIpc) is 2.53. The second kappa shape index (κ2) is 10.3. The van der Waals surface area contributed by atoms with Crippen molar-refractivity contribution in [1.29, 1.82) is 0 Å². The molecular formula is C16H24N2O4S. The van der Waals surface area contributed by atoms with Crippen molar-refractivity contribution in [1.82, 2.24) is 10.6 Å². The number of esters is 1. The van der Waals surface area contributed by atoms with Crippen LogP contribution >= 0.6 is 11.8 Å². The molecule has 0 saturated heterocycles. The second-order valence-corrected chi connectivity index (χ2v) is 6.06. The molecule has 6 nitrogen and oxygen atoms in total. The summed E-state index contributed by atoms with van der Waals surface area (Å²) in [6.07, 6.45) is 3.00. The highest BCUT2D eigenvalue weighted by Crippen LogP contribution is 2.16. The Bertz CT molecular complexity index is 525. The van der Waals surface area contributed by atoms with Crippen LogP contribution in [0.4, 0.5) is 0 Å². The highest BCUT2D eigenvalue weighted by atomic mass is 32.2. The van der Waals surface area contributed by atoms with E-state index in [1.807, 2.05) is 12.3 Å². The minimum atomic E-state index is -0.915. The van der Waals surface area contributed by atoms with Gasteiger partial charge >= 0.3 is 11.9 Å². The SMILES string of the molecule is CN[C@@H](Cc1cccc(OC(=O)[C@H](CCSC)NC)c1)C(=O)O. The van der Waals surface area contributed by atoms with E-state index in [4.69, 9.17) is 9.84 Å². The number of rotatable bonds is 10. The molecule has 0 amide bonds. The number of likely N-dealkylation sites (N-methyl/N-ethyl adjacent to an activating group) is 2. The number of hydrogen-bond donors (Lipinski definition) is 3. The maximum Gasteiger partial charge on any atom is 0.328 e. The first kappa shape index (κ1) is 19.5. The summed E-state index contributed by atoms with van der Waals surface area (Å²) in [6.45, 7) is 0. The molecular weight excluding hydrogens is 316 g/mol. The summed E-state index contributed by atoms with van der Waals surface area (Å²) in [5.41, 5.74) is 0.794. The monoisotopic (exact) mass is 340 g/mol. The molecule has 7 heteroatoms. The molecule has 3 N–H and O–H groups in total. The Balaban J connectivity index is 2.72. The Morgan fingerprint density at radius 1 is 1.26 bits per heavy atom. The van der Waals surface area contributed by atoms with Crippen LogP contribution in [0.5, 0.6) is 5.75 Å². The van der Waals surface area contributed by atoms with E-state index in [-0.39, 0.29) is 12.0 Å². The van der Waals surface area contributed by atoms with E-state index in [1.54, 1.807) is 44.1 Å². The molecule has 2 atom stereocenters. The molecule has 0 aliphatic heterocycles. The normalized spacial score (nSPS) is 13.3. The summed E-state index contributed by atoms with van der Waals surface area (Å²) in [4.78, 5) is 23.2. The lowest BCUT2D eigenvalue weighted by Gasteiger charge is -2.15. The molecule has 0 heterocycles. The lowest BCUT2D eigenvalue weighted by Crippen LogP contribution is -2.37. The summed E-state index contributed by atoms with van der Waals surface area (Å²) in [6, 6.07) is 5.93. The Morgan fingerprint density at radius 3 is 2.52 bits per heavy atom. The van der Waals surface area contributed by atoms with Crippen molar-refractivity contribution in [3.05, 3.63) is 29.8 Å². The highest BCUT2D eigenvalue weighted by Gasteiger charge is 2.19. The van der Waals surface area contributed by atoms with Gasteiger partial charge in [0.25, 0.3) is 0 Å². The zero-order valence-electron chi connectivity index (χ0n) is 13.7. The van der Waals surface area contributed by atoms with Gasteiger partial charge in [-0.25, -0.2) is 4.79 Å². The fourth-order valence-electron chi connectivity index (χ4n) is 2.09. The number of nitrogens with one attached hydrogen (secondary N) is 2. The summed E-state index contributed by atoms with van der Waals surface area (Å²) in [7, 11) is 3.33. The molecule has 1 aromatic rings. The molecule has 0 bridgehead atoms. The topological polar surface area (TPSA) is 87.7 Å². The van der Waals surface area contributed by atoms with Crippen molar-refractivity contribution in [2.75, 3.05) is 26.1 Å². The first-order chi connectivity index (χ1) is 11.0. The van der Waals surface area contributed by atoms with Gasteiger partial charge in [0.05, 0.1) is 0 Å². The predicted octanol–water partition coefficient (Wildman–Crippen LogP) is 1.15. The summed E-state index contributed by atoms with van der Waals surface area (Å²) in [5, 5.41) is 14.8. The van der Waals surface area contributed by atoms with Crippen LogP contribution in [0.3, 0.4) is 0 Å². The highest BCUT2D eigenvalue weighted by molar-refractivity contribution is 7.98. The fourth-order valence-corrected chi connectivity index (χ4v) is 2.56. The lowest BCUT2D eigenvalue weighted by molar-refractivity contribution is -0.139. The Hall–Kier alpha value is -1.57. The van der Waals surface area contributed by atoms with E-state index in [0.717, 1.165) is 11.3 Å². The molecule has 0 aliphatic carbocycles. The van der Waals surface area contributed by atoms with E-state index in [1.165, 1.54) is 0 Å². The van der Waals surface area contributed by atoms with Gasteiger partial charge in [-0.15, -0.1) is 0 Å². The van der Waals surface area contributed by atoms with Crippen molar-refractivity contribution in [3.63, 3.8) is 0 Å². The number of carboxylic acids is 1. The maximum atomic E-state index is 12.1. The number of benzene rings is 1. The number of ether oxygens (including phenoxy) is 1. The molecule has 0 unspecified atom stereocenters. The van der Waals surface area contributed by atoms with Gasteiger partial charge in [-0.05, 0) is 56.6 Å². The second-order valence-electron chi connectivity index (χ2n) is 5.07. The van der Waals surface area contributed by atoms with Gasteiger partial charge in [0, 0.05) is 0 Å². The van der Waals surface area contributed by atoms with Crippen LogP contribution in [0, 0.1) is 0 Å². The molecule has 23 heavy (non-hydrogen) atoms. The van der Waals surface area contributed by atoms with Crippen molar-refractivity contribution < 1.29 is 19.4 Å². The molecule has 0 spiro atoms. The van der Waals surface area contributed by atoms with Crippen LogP contribution in [0.1, 0.15) is 12.0 Å². The smallest absolute Gasteiger partial charge is 0.328 e. The minimum absolute atomic E-state index is 0.319. The van der Waals surface area contributed by atoms with Gasteiger partial charge in [-0.3, -0.25) is 4.79 Å². The number of carbonyl (C=O) groups excluding carboxylic acids is 1. The Kier molecular flexibility index (Phi) is 8.68. The van der Waals surface area contributed by atoms with Gasteiger partial charge in [-0.1, -0.05) is 12.1 Å². The van der Waals surface area contributed by atoms with Gasteiger partial charge in [0.2, 0.25) is 0 Å². The third kappa shape index (κ3) is 6.60. The summed E-state index contributed by atoms with van der Waals surface area (Å²) >= 11 is 1.67. The van der Waals surface area contributed by atoms with Gasteiger partial charge in [0.1, 0.15) is 17.8 Å². The number of carbonyl (C=O) groups is 2. The predicted molar refractivity (Wildman–Crippen MR) is 92.1 cm³/mol. The van der Waals surface area contributed by atoms with E-state index in [9.17, 15) is 9.59 Å². The largest absolute Gasteiger partial charge is 0.480 e. The minimum Gasteiger partial charge on any atom is -0.480 e. The molecule has 0 aliphatic rings. The van der Waals surface area contributed by atoms with E-state index < -0.39 is 12.0 Å². The van der Waals surface area contributed by atoms with E-state index >= 15 is 0 Å². The Morgan fingerprint density at radius 2 is 1.96 bits per heavy atom. The third-order valence-corrected chi connectivity index (χ3v) is 4.09. The van der Waals surface area contributed by atoms with Gasteiger partial charge < -0.3 is 20.5 Å². The zero-order chi connectivity index (χ0) is 17.2. The summed E-state index contributed by atoms with van der Waals surface area (Å²) < 4.78 is 5.40. The lowest BCUT2D eigenvalue weighted by atomic mass is 10.1. The molecule has 0 radical (unpaired) electrons. The summed E-state index contributed by atoms with van der Waals surface area (Å²) in [5.74, 6) is 0.0461. The molecule has 1 aromatic carbocycles. The first-order valence-corrected chi connectivity index (χ1v) is 8.78. The van der Waals surface area contributed by atoms with Crippen molar-refractivity contribution >= 4 is 23.7 Å². The van der Waals surface area contributed by atoms with Crippen LogP contribution in [-0.2, 0) is 16.0 Å². The average molecular weight is 340 g/mol. The van der Waals surface area contributed by atoms with Crippen molar-refractivity contribution in [2.45, 2.75) is 24.9 Å². The maximum absolute atomic E-state index is 12.1. The van der Waals surface area contributed by atoms with E-state index in [0.29, 0.717) is 18.6 Å².